The Hall–Kier alpha value is -0.890. The van der Waals surface area contributed by atoms with Gasteiger partial charge in [0.15, 0.2) is 0 Å². The van der Waals surface area contributed by atoms with Gasteiger partial charge in [0, 0.05) is 0 Å². The summed E-state index contributed by atoms with van der Waals surface area (Å²) in [6, 6.07) is 4.65. The summed E-state index contributed by atoms with van der Waals surface area (Å²) >= 11 is 0. The van der Waals surface area contributed by atoms with Crippen LogP contribution in [0, 0.1) is 18.7 Å². The third-order valence-electron chi connectivity index (χ3n) is 3.36. The van der Waals surface area contributed by atoms with Crippen molar-refractivity contribution in [3.8, 4) is 0 Å². The van der Waals surface area contributed by atoms with E-state index in [-0.39, 0.29) is 5.82 Å². The molecule has 1 nitrogen and oxygen atoms in total. The van der Waals surface area contributed by atoms with Gasteiger partial charge in [-0.3, -0.25) is 0 Å². The first-order valence-electron chi connectivity index (χ1n) is 5.57. The van der Waals surface area contributed by atoms with Gasteiger partial charge in [-0.1, -0.05) is 19.4 Å². The number of hydrogen-bond acceptors (Lipinski definition) is 1. The predicted octanol–water partition coefficient (Wildman–Crippen LogP) is 3.14. The number of aliphatic hydroxyl groups is 1. The SMILES string of the molecule is CCCC1CC1(O)c1ccc(F)cc1C. The maximum absolute atomic E-state index is 12.9. The van der Waals surface area contributed by atoms with Crippen molar-refractivity contribution in [2.24, 2.45) is 5.92 Å². The van der Waals surface area contributed by atoms with E-state index in [1.807, 2.05) is 6.92 Å². The third-order valence-corrected chi connectivity index (χ3v) is 3.36. The van der Waals surface area contributed by atoms with E-state index in [2.05, 4.69) is 6.92 Å². The Kier molecular flexibility index (Phi) is 2.55. The first kappa shape index (κ1) is 10.6. The summed E-state index contributed by atoms with van der Waals surface area (Å²) in [5.74, 6) is 0.138. The molecule has 1 aromatic rings. The standard InChI is InChI=1S/C13H17FO/c1-3-4-10-8-13(10,15)12-6-5-11(14)7-9(12)2/h5-7,10,15H,3-4,8H2,1-2H3. The lowest BCUT2D eigenvalue weighted by molar-refractivity contribution is 0.128. The molecule has 2 heteroatoms. The zero-order valence-electron chi connectivity index (χ0n) is 9.26. The number of rotatable bonds is 3. The maximum Gasteiger partial charge on any atom is 0.123 e. The highest BCUT2D eigenvalue weighted by Crippen LogP contribution is 2.54. The molecule has 0 bridgehead atoms. The predicted molar refractivity (Wildman–Crippen MR) is 58.0 cm³/mol. The van der Waals surface area contributed by atoms with Crippen LogP contribution in [0.4, 0.5) is 4.39 Å². The van der Waals surface area contributed by atoms with E-state index in [0.29, 0.717) is 5.92 Å². The van der Waals surface area contributed by atoms with Crippen molar-refractivity contribution >= 4 is 0 Å². The summed E-state index contributed by atoms with van der Waals surface area (Å²) in [4.78, 5) is 0. The summed E-state index contributed by atoms with van der Waals surface area (Å²) in [7, 11) is 0. The molecule has 0 heterocycles. The van der Waals surface area contributed by atoms with Crippen LogP contribution in [-0.4, -0.2) is 5.11 Å². The van der Waals surface area contributed by atoms with Crippen molar-refractivity contribution in [2.45, 2.75) is 38.7 Å². The molecule has 0 radical (unpaired) electrons. The molecular formula is C13H17FO. The van der Waals surface area contributed by atoms with Crippen LogP contribution in [0.3, 0.4) is 0 Å². The molecule has 0 amide bonds. The molecule has 0 spiro atoms. The van der Waals surface area contributed by atoms with Gasteiger partial charge in [0.25, 0.3) is 0 Å². The van der Waals surface area contributed by atoms with E-state index in [4.69, 9.17) is 0 Å². The van der Waals surface area contributed by atoms with Gasteiger partial charge in [0.1, 0.15) is 5.82 Å². The van der Waals surface area contributed by atoms with Crippen LogP contribution in [0.15, 0.2) is 18.2 Å². The Morgan fingerprint density at radius 2 is 2.27 bits per heavy atom. The number of hydrogen-bond donors (Lipinski definition) is 1. The van der Waals surface area contributed by atoms with Crippen molar-refractivity contribution in [3.63, 3.8) is 0 Å². The molecule has 1 aliphatic carbocycles. The molecule has 1 aromatic carbocycles. The number of aryl methyl sites for hydroxylation is 1. The Bertz CT molecular complexity index is 375. The molecule has 1 saturated carbocycles. The second-order valence-corrected chi connectivity index (χ2v) is 4.57. The normalized spacial score (nSPS) is 29.2. The monoisotopic (exact) mass is 208 g/mol. The average molecular weight is 208 g/mol. The fourth-order valence-corrected chi connectivity index (χ4v) is 2.45. The Morgan fingerprint density at radius 1 is 1.53 bits per heavy atom. The molecule has 2 unspecified atom stereocenters. The summed E-state index contributed by atoms with van der Waals surface area (Å²) in [5.41, 5.74) is 1.09. The molecular weight excluding hydrogens is 191 g/mol. The molecule has 1 aliphatic rings. The quantitative estimate of drug-likeness (QED) is 0.809. The van der Waals surface area contributed by atoms with E-state index in [9.17, 15) is 9.50 Å². The minimum atomic E-state index is -0.673. The van der Waals surface area contributed by atoms with Crippen LogP contribution in [-0.2, 0) is 5.60 Å². The van der Waals surface area contributed by atoms with Crippen molar-refractivity contribution in [1.82, 2.24) is 0 Å². The molecule has 0 aromatic heterocycles. The lowest BCUT2D eigenvalue weighted by Crippen LogP contribution is -2.10. The first-order chi connectivity index (χ1) is 7.08. The minimum Gasteiger partial charge on any atom is -0.385 e. The van der Waals surface area contributed by atoms with Crippen LogP contribution in [0.5, 0.6) is 0 Å². The van der Waals surface area contributed by atoms with Gasteiger partial charge in [0.2, 0.25) is 0 Å². The lowest BCUT2D eigenvalue weighted by Gasteiger charge is -2.13. The van der Waals surface area contributed by atoms with Gasteiger partial charge in [-0.25, -0.2) is 4.39 Å². The van der Waals surface area contributed by atoms with E-state index in [0.717, 1.165) is 30.4 Å². The smallest absolute Gasteiger partial charge is 0.123 e. The van der Waals surface area contributed by atoms with Crippen molar-refractivity contribution in [3.05, 3.63) is 35.1 Å². The second kappa shape index (κ2) is 3.60. The summed E-state index contributed by atoms with van der Waals surface area (Å²) in [6.45, 7) is 3.98. The van der Waals surface area contributed by atoms with Crippen LogP contribution in [0.25, 0.3) is 0 Å². The maximum atomic E-state index is 12.9. The largest absolute Gasteiger partial charge is 0.385 e. The fraction of sp³-hybridized carbons (Fsp3) is 0.538. The lowest BCUT2D eigenvalue weighted by atomic mass is 9.98. The Morgan fingerprint density at radius 3 is 2.87 bits per heavy atom. The highest BCUT2D eigenvalue weighted by molar-refractivity contribution is 5.36. The Labute approximate surface area is 89.9 Å². The van der Waals surface area contributed by atoms with Gasteiger partial charge < -0.3 is 5.11 Å². The van der Waals surface area contributed by atoms with Gasteiger partial charge in [-0.2, -0.15) is 0 Å². The van der Waals surface area contributed by atoms with E-state index < -0.39 is 5.60 Å². The molecule has 15 heavy (non-hydrogen) atoms. The van der Waals surface area contributed by atoms with Crippen LogP contribution in [0.1, 0.15) is 37.3 Å². The van der Waals surface area contributed by atoms with Gasteiger partial charge in [0.05, 0.1) is 5.60 Å². The average Bonchev–Trinajstić information content (AvgIpc) is 2.78. The highest BCUT2D eigenvalue weighted by Gasteiger charge is 2.53. The summed E-state index contributed by atoms with van der Waals surface area (Å²) in [5, 5.41) is 10.3. The van der Waals surface area contributed by atoms with Gasteiger partial charge >= 0.3 is 0 Å². The highest BCUT2D eigenvalue weighted by atomic mass is 19.1. The summed E-state index contributed by atoms with van der Waals surface area (Å²) < 4.78 is 12.9. The zero-order valence-corrected chi connectivity index (χ0v) is 9.26. The molecule has 0 aliphatic heterocycles. The van der Waals surface area contributed by atoms with E-state index in [1.165, 1.54) is 12.1 Å². The van der Waals surface area contributed by atoms with Crippen LogP contribution < -0.4 is 0 Å². The molecule has 0 saturated heterocycles. The van der Waals surface area contributed by atoms with Crippen molar-refractivity contribution < 1.29 is 9.50 Å². The summed E-state index contributed by atoms with van der Waals surface area (Å²) in [6.07, 6.45) is 2.97. The zero-order chi connectivity index (χ0) is 11.1. The fourth-order valence-electron chi connectivity index (χ4n) is 2.45. The van der Waals surface area contributed by atoms with Crippen LogP contribution >= 0.6 is 0 Å². The third kappa shape index (κ3) is 1.78. The van der Waals surface area contributed by atoms with Crippen molar-refractivity contribution in [2.75, 3.05) is 0 Å². The van der Waals surface area contributed by atoms with Crippen molar-refractivity contribution in [1.29, 1.82) is 0 Å². The van der Waals surface area contributed by atoms with Gasteiger partial charge in [-0.15, -0.1) is 0 Å². The molecule has 1 N–H and O–H groups in total. The topological polar surface area (TPSA) is 20.2 Å². The van der Waals surface area contributed by atoms with Gasteiger partial charge in [-0.05, 0) is 48.9 Å². The number of benzene rings is 1. The Balaban J connectivity index is 2.24. The van der Waals surface area contributed by atoms with E-state index in [1.54, 1.807) is 6.07 Å². The number of halogens is 1. The molecule has 2 atom stereocenters. The van der Waals surface area contributed by atoms with Crippen LogP contribution in [0.2, 0.25) is 0 Å². The van der Waals surface area contributed by atoms with E-state index >= 15 is 0 Å². The minimum absolute atomic E-state index is 0.229. The molecule has 1 fully saturated rings. The molecule has 82 valence electrons. The molecule has 2 rings (SSSR count). The first-order valence-corrected chi connectivity index (χ1v) is 5.57. The second-order valence-electron chi connectivity index (χ2n) is 4.57.